The van der Waals surface area contributed by atoms with Crippen LogP contribution in [-0.2, 0) is 19.1 Å². The van der Waals surface area contributed by atoms with Gasteiger partial charge in [-0.1, -0.05) is 6.07 Å². The lowest BCUT2D eigenvalue weighted by atomic mass is 9.69. The molecule has 0 saturated carbocycles. The van der Waals surface area contributed by atoms with E-state index in [-0.39, 0.29) is 24.7 Å². The molecule has 8 nitrogen and oxygen atoms in total. The highest BCUT2D eigenvalue weighted by Gasteiger charge is 2.48. The van der Waals surface area contributed by atoms with E-state index in [0.717, 1.165) is 4.88 Å². The van der Waals surface area contributed by atoms with Crippen molar-refractivity contribution in [2.24, 2.45) is 5.92 Å². The van der Waals surface area contributed by atoms with Crippen LogP contribution < -0.4 is 19.5 Å². The Hall–Kier alpha value is -3.33. The molecule has 1 aromatic heterocycles. The summed E-state index contributed by atoms with van der Waals surface area (Å²) in [4.78, 5) is 40.5. The quantitative estimate of drug-likeness (QED) is 0.473. The molecular formula is C25H27NO7S. The first-order chi connectivity index (χ1) is 16.4. The molecule has 34 heavy (non-hydrogen) atoms. The topological polar surface area (TPSA) is 100 Å². The third-order valence-corrected chi connectivity index (χ3v) is 7.27. The Labute approximate surface area is 201 Å². The van der Waals surface area contributed by atoms with Crippen molar-refractivity contribution >= 4 is 29.0 Å². The standard InChI is InChI=1S/C25H27NO7S/c1-5-33-25(29)22-15(19-7-6-8-34-19)11-16-21(23(22)28)14(12-20(27)26-16)13-9-17(30-2)24(32-4)18(10-13)31-3/h6-10,14-15,22H,5,11-12H2,1-4H3,(H,26,27)/t14-,15-,22+/m0/s1. The van der Waals surface area contributed by atoms with Crippen LogP contribution in [-0.4, -0.2) is 45.6 Å². The Morgan fingerprint density at radius 1 is 1.09 bits per heavy atom. The number of ketones is 1. The Kier molecular flexibility index (Phi) is 6.92. The molecule has 2 aliphatic rings. The number of nitrogens with one attached hydrogen (secondary N) is 1. The number of carbonyl (C=O) groups is 3. The zero-order chi connectivity index (χ0) is 24.4. The van der Waals surface area contributed by atoms with Gasteiger partial charge in [0.15, 0.2) is 17.3 Å². The lowest BCUT2D eigenvalue weighted by Gasteiger charge is -2.37. The van der Waals surface area contributed by atoms with Crippen LogP contribution in [0, 0.1) is 5.92 Å². The fourth-order valence-corrected chi connectivity index (χ4v) is 5.68. The van der Waals surface area contributed by atoms with Crippen molar-refractivity contribution in [2.75, 3.05) is 27.9 Å². The van der Waals surface area contributed by atoms with E-state index in [1.807, 2.05) is 17.5 Å². The van der Waals surface area contributed by atoms with Crippen molar-refractivity contribution in [3.8, 4) is 17.2 Å². The van der Waals surface area contributed by atoms with Gasteiger partial charge in [-0.05, 0) is 42.5 Å². The molecule has 4 rings (SSSR count). The number of benzene rings is 1. The molecular weight excluding hydrogens is 458 g/mol. The predicted octanol–water partition coefficient (Wildman–Crippen LogP) is 3.57. The monoisotopic (exact) mass is 485 g/mol. The zero-order valence-electron chi connectivity index (χ0n) is 19.5. The van der Waals surface area contributed by atoms with Gasteiger partial charge in [-0.15, -0.1) is 11.3 Å². The maximum absolute atomic E-state index is 13.9. The van der Waals surface area contributed by atoms with E-state index in [1.165, 1.54) is 32.7 Å². The number of hydrogen-bond donors (Lipinski definition) is 1. The van der Waals surface area contributed by atoms with Crippen molar-refractivity contribution in [3.05, 3.63) is 51.4 Å². The second-order valence-electron chi connectivity index (χ2n) is 8.08. The van der Waals surface area contributed by atoms with Gasteiger partial charge in [0.05, 0.1) is 27.9 Å². The molecule has 0 spiro atoms. The summed E-state index contributed by atoms with van der Waals surface area (Å²) < 4.78 is 21.7. The van der Waals surface area contributed by atoms with Gasteiger partial charge in [0.25, 0.3) is 0 Å². The molecule has 1 aliphatic heterocycles. The second kappa shape index (κ2) is 9.89. The molecule has 0 bridgehead atoms. The molecule has 1 N–H and O–H groups in total. The molecule has 1 amide bonds. The number of ether oxygens (including phenoxy) is 4. The van der Waals surface area contributed by atoms with Crippen LogP contribution in [0.5, 0.6) is 17.2 Å². The van der Waals surface area contributed by atoms with E-state index >= 15 is 0 Å². The molecule has 9 heteroatoms. The van der Waals surface area contributed by atoms with Crippen LogP contribution in [0.2, 0.25) is 0 Å². The lowest BCUT2D eigenvalue weighted by Crippen LogP contribution is -2.44. The number of Topliss-reactive ketones (excluding diaryl/α,β-unsaturated/α-hetero) is 1. The third-order valence-electron chi connectivity index (χ3n) is 6.27. The summed E-state index contributed by atoms with van der Waals surface area (Å²) in [6, 6.07) is 7.27. The Balaban J connectivity index is 1.85. The van der Waals surface area contributed by atoms with Gasteiger partial charge in [-0.2, -0.15) is 0 Å². The minimum atomic E-state index is -0.975. The van der Waals surface area contributed by atoms with Gasteiger partial charge in [-0.25, -0.2) is 0 Å². The van der Waals surface area contributed by atoms with E-state index in [4.69, 9.17) is 18.9 Å². The zero-order valence-corrected chi connectivity index (χ0v) is 20.3. The van der Waals surface area contributed by atoms with E-state index in [0.29, 0.717) is 40.5 Å². The molecule has 0 fully saturated rings. The fraction of sp³-hybridized carbons (Fsp3) is 0.400. The third kappa shape index (κ3) is 4.16. The molecule has 0 saturated heterocycles. The summed E-state index contributed by atoms with van der Waals surface area (Å²) in [6.45, 7) is 1.90. The summed E-state index contributed by atoms with van der Waals surface area (Å²) in [5.74, 6) is -1.73. The van der Waals surface area contributed by atoms with Crippen molar-refractivity contribution in [2.45, 2.75) is 31.6 Å². The van der Waals surface area contributed by atoms with E-state index in [1.54, 1.807) is 19.1 Å². The number of thiophene rings is 1. The molecule has 3 atom stereocenters. The molecule has 2 aromatic rings. The number of carbonyl (C=O) groups excluding carboxylic acids is 3. The minimum Gasteiger partial charge on any atom is -0.493 e. The summed E-state index contributed by atoms with van der Waals surface area (Å²) in [6.07, 6.45) is 0.417. The summed E-state index contributed by atoms with van der Waals surface area (Å²) in [7, 11) is 4.52. The number of hydrogen-bond acceptors (Lipinski definition) is 8. The Bertz CT molecular complexity index is 1110. The van der Waals surface area contributed by atoms with Crippen LogP contribution >= 0.6 is 11.3 Å². The Morgan fingerprint density at radius 3 is 2.35 bits per heavy atom. The highest BCUT2D eigenvalue weighted by Crippen LogP contribution is 2.48. The van der Waals surface area contributed by atoms with Crippen LogP contribution in [0.4, 0.5) is 0 Å². The normalized spacial score (nSPS) is 22.1. The average Bonchev–Trinajstić information content (AvgIpc) is 3.37. The van der Waals surface area contributed by atoms with Crippen molar-refractivity contribution < 1.29 is 33.3 Å². The molecule has 1 aliphatic carbocycles. The van der Waals surface area contributed by atoms with Crippen LogP contribution in [0.15, 0.2) is 40.9 Å². The van der Waals surface area contributed by atoms with Gasteiger partial charge in [0.2, 0.25) is 11.7 Å². The first-order valence-corrected chi connectivity index (χ1v) is 11.9. The Morgan fingerprint density at radius 2 is 1.79 bits per heavy atom. The molecule has 1 aromatic carbocycles. The molecule has 2 heterocycles. The van der Waals surface area contributed by atoms with Gasteiger partial charge < -0.3 is 24.3 Å². The van der Waals surface area contributed by atoms with E-state index < -0.39 is 23.7 Å². The average molecular weight is 486 g/mol. The lowest BCUT2D eigenvalue weighted by molar-refractivity contribution is -0.152. The summed E-state index contributed by atoms with van der Waals surface area (Å²) in [5.41, 5.74) is 1.65. The first kappa shape index (κ1) is 23.8. The number of methoxy groups -OCH3 is 3. The highest BCUT2D eigenvalue weighted by atomic mass is 32.1. The van der Waals surface area contributed by atoms with Gasteiger partial charge in [0.1, 0.15) is 5.92 Å². The fourth-order valence-electron chi connectivity index (χ4n) is 4.81. The SMILES string of the molecule is CCOC(=O)[C@H]1C(=O)C2=C(C[C@H]1c1cccs1)NC(=O)C[C@H]2c1cc(OC)c(OC)c(OC)c1. The molecule has 180 valence electrons. The number of amides is 1. The number of esters is 1. The predicted molar refractivity (Wildman–Crippen MR) is 125 cm³/mol. The van der Waals surface area contributed by atoms with Gasteiger partial charge in [0, 0.05) is 34.4 Å². The smallest absolute Gasteiger partial charge is 0.317 e. The van der Waals surface area contributed by atoms with Crippen LogP contribution in [0.25, 0.3) is 0 Å². The maximum atomic E-state index is 13.9. The van der Waals surface area contributed by atoms with Gasteiger partial charge in [-0.3, -0.25) is 14.4 Å². The number of allylic oxidation sites excluding steroid dienone is 2. The van der Waals surface area contributed by atoms with Crippen molar-refractivity contribution in [1.82, 2.24) is 5.32 Å². The first-order valence-electron chi connectivity index (χ1n) is 11.0. The van der Waals surface area contributed by atoms with Crippen molar-refractivity contribution in [1.29, 1.82) is 0 Å². The highest BCUT2D eigenvalue weighted by molar-refractivity contribution is 7.10. The molecule has 0 unspecified atom stereocenters. The molecule has 0 radical (unpaired) electrons. The van der Waals surface area contributed by atoms with E-state index in [9.17, 15) is 14.4 Å². The van der Waals surface area contributed by atoms with Crippen LogP contribution in [0.1, 0.15) is 42.0 Å². The summed E-state index contributed by atoms with van der Waals surface area (Å²) in [5, 5.41) is 4.80. The minimum absolute atomic E-state index is 0.0580. The van der Waals surface area contributed by atoms with Gasteiger partial charge >= 0.3 is 5.97 Å². The van der Waals surface area contributed by atoms with Crippen LogP contribution in [0.3, 0.4) is 0 Å². The number of rotatable bonds is 7. The summed E-state index contributed by atoms with van der Waals surface area (Å²) >= 11 is 1.48. The van der Waals surface area contributed by atoms with E-state index in [2.05, 4.69) is 5.32 Å². The van der Waals surface area contributed by atoms with Crippen molar-refractivity contribution in [3.63, 3.8) is 0 Å². The maximum Gasteiger partial charge on any atom is 0.317 e. The largest absolute Gasteiger partial charge is 0.493 e. The second-order valence-corrected chi connectivity index (χ2v) is 9.06.